The SMILES string of the molecule is C=CCNCCCCCCCCCC/C(CC)=C(/C)c1c(C)ccc(C)c1/C(=C\C(=C)C)C(F)(F)F. The van der Waals surface area contributed by atoms with Gasteiger partial charge in [0, 0.05) is 6.54 Å². The van der Waals surface area contributed by atoms with Crippen molar-refractivity contribution in [1.82, 2.24) is 5.32 Å². The molecule has 0 aliphatic carbocycles. The summed E-state index contributed by atoms with van der Waals surface area (Å²) in [5, 5.41) is 3.34. The van der Waals surface area contributed by atoms with Crippen molar-refractivity contribution in [3.05, 3.63) is 70.8 Å². The molecule has 1 N–H and O–H groups in total. The van der Waals surface area contributed by atoms with Crippen LogP contribution in [-0.2, 0) is 0 Å². The van der Waals surface area contributed by atoms with E-state index in [-0.39, 0.29) is 0 Å². The molecule has 1 rings (SSSR count). The summed E-state index contributed by atoms with van der Waals surface area (Å²) in [6.45, 7) is 18.8. The van der Waals surface area contributed by atoms with E-state index >= 15 is 0 Å². The highest BCUT2D eigenvalue weighted by Gasteiger charge is 2.37. The molecule has 0 spiro atoms. The number of hydrogen-bond donors (Lipinski definition) is 1. The van der Waals surface area contributed by atoms with Crippen LogP contribution in [0.4, 0.5) is 13.2 Å². The second-order valence-corrected chi connectivity index (χ2v) is 10.0. The van der Waals surface area contributed by atoms with Crippen LogP contribution in [0, 0.1) is 13.8 Å². The van der Waals surface area contributed by atoms with E-state index in [1.165, 1.54) is 56.6 Å². The number of halogens is 3. The lowest BCUT2D eigenvalue weighted by Gasteiger charge is -2.23. The number of unbranched alkanes of at least 4 members (excludes halogenated alkanes) is 7. The van der Waals surface area contributed by atoms with Crippen molar-refractivity contribution in [3.63, 3.8) is 0 Å². The van der Waals surface area contributed by atoms with Gasteiger partial charge in [0.25, 0.3) is 0 Å². The van der Waals surface area contributed by atoms with Gasteiger partial charge in [-0.1, -0.05) is 81.4 Å². The number of rotatable bonds is 17. The van der Waals surface area contributed by atoms with E-state index < -0.39 is 11.7 Å². The number of hydrogen-bond acceptors (Lipinski definition) is 1. The quantitative estimate of drug-likeness (QED) is 0.127. The Hall–Kier alpha value is -2.07. The zero-order valence-electron chi connectivity index (χ0n) is 23.3. The molecule has 0 aliphatic heterocycles. The fraction of sp³-hybridized carbons (Fsp3) is 0.562. The number of nitrogens with one attached hydrogen (secondary N) is 1. The van der Waals surface area contributed by atoms with E-state index in [4.69, 9.17) is 0 Å². The maximum atomic E-state index is 14.1. The third-order valence-electron chi connectivity index (χ3n) is 6.79. The summed E-state index contributed by atoms with van der Waals surface area (Å²) >= 11 is 0. The van der Waals surface area contributed by atoms with Crippen molar-refractivity contribution in [1.29, 1.82) is 0 Å². The first kappa shape index (κ1) is 32.0. The number of allylic oxidation sites excluding steroid dienone is 5. The molecular formula is C32H48F3N. The molecule has 0 amide bonds. The van der Waals surface area contributed by atoms with Gasteiger partial charge in [-0.25, -0.2) is 0 Å². The molecule has 1 nitrogen and oxygen atoms in total. The predicted molar refractivity (Wildman–Crippen MR) is 152 cm³/mol. The summed E-state index contributed by atoms with van der Waals surface area (Å²) in [4.78, 5) is 0. The summed E-state index contributed by atoms with van der Waals surface area (Å²) < 4.78 is 42.4. The third kappa shape index (κ3) is 10.9. The van der Waals surface area contributed by atoms with Crippen molar-refractivity contribution in [2.24, 2.45) is 0 Å². The van der Waals surface area contributed by atoms with Crippen LogP contribution in [0.2, 0.25) is 0 Å². The normalized spacial score (nSPS) is 13.1. The fourth-order valence-corrected chi connectivity index (χ4v) is 4.84. The van der Waals surface area contributed by atoms with E-state index in [1.54, 1.807) is 19.9 Å². The monoisotopic (exact) mass is 503 g/mol. The van der Waals surface area contributed by atoms with Crippen molar-refractivity contribution in [3.8, 4) is 0 Å². The Bertz CT molecular complexity index is 903. The highest BCUT2D eigenvalue weighted by Crippen LogP contribution is 2.42. The van der Waals surface area contributed by atoms with Crippen LogP contribution in [0.5, 0.6) is 0 Å². The minimum Gasteiger partial charge on any atom is -0.313 e. The Morgan fingerprint density at radius 1 is 0.889 bits per heavy atom. The van der Waals surface area contributed by atoms with Gasteiger partial charge < -0.3 is 5.32 Å². The maximum absolute atomic E-state index is 14.1. The molecule has 0 heterocycles. The first-order valence-corrected chi connectivity index (χ1v) is 13.6. The van der Waals surface area contributed by atoms with E-state index in [9.17, 15) is 13.2 Å². The van der Waals surface area contributed by atoms with E-state index in [2.05, 4.69) is 25.4 Å². The van der Waals surface area contributed by atoms with Crippen molar-refractivity contribution >= 4 is 11.1 Å². The summed E-state index contributed by atoms with van der Waals surface area (Å²) in [5.74, 6) is 0. The standard InChI is InChI=1S/C32H48F3N/c1-8-21-36-22-17-15-13-11-10-12-14-16-18-28(9-2)27(7)30-25(5)19-20-26(6)31(30)29(23-24(3)4)32(33,34)35/h8,19-20,23,36H,1,3,9-18,21-22H2,2,4-7H3/b28-27-,29-23+. The number of alkyl halides is 3. The topological polar surface area (TPSA) is 12.0 Å². The van der Waals surface area contributed by atoms with Crippen LogP contribution in [0.1, 0.15) is 107 Å². The molecular weight excluding hydrogens is 455 g/mol. The zero-order valence-corrected chi connectivity index (χ0v) is 23.3. The average Bonchev–Trinajstić information content (AvgIpc) is 2.81. The minimum absolute atomic E-state index is 0.300. The summed E-state index contributed by atoms with van der Waals surface area (Å²) in [6, 6.07) is 3.73. The second-order valence-electron chi connectivity index (χ2n) is 10.0. The third-order valence-corrected chi connectivity index (χ3v) is 6.79. The van der Waals surface area contributed by atoms with Crippen LogP contribution in [0.3, 0.4) is 0 Å². The first-order valence-electron chi connectivity index (χ1n) is 13.6. The zero-order chi connectivity index (χ0) is 27.1. The Balaban J connectivity index is 2.87. The highest BCUT2D eigenvalue weighted by atomic mass is 19.4. The molecule has 202 valence electrons. The molecule has 0 bridgehead atoms. The molecule has 4 heteroatoms. The summed E-state index contributed by atoms with van der Waals surface area (Å²) in [7, 11) is 0. The van der Waals surface area contributed by atoms with Crippen LogP contribution in [0.15, 0.2) is 48.6 Å². The Morgan fingerprint density at radius 3 is 1.92 bits per heavy atom. The molecule has 1 aromatic rings. The van der Waals surface area contributed by atoms with E-state index in [0.717, 1.165) is 49.1 Å². The summed E-state index contributed by atoms with van der Waals surface area (Å²) in [6.07, 6.45) is 10.2. The van der Waals surface area contributed by atoms with E-state index in [0.29, 0.717) is 16.7 Å². The van der Waals surface area contributed by atoms with Crippen LogP contribution in [-0.4, -0.2) is 19.3 Å². The maximum Gasteiger partial charge on any atom is 0.417 e. The van der Waals surface area contributed by atoms with Gasteiger partial charge in [0.2, 0.25) is 0 Å². The highest BCUT2D eigenvalue weighted by molar-refractivity contribution is 5.86. The smallest absolute Gasteiger partial charge is 0.313 e. The predicted octanol–water partition coefficient (Wildman–Crippen LogP) is 10.3. The molecule has 36 heavy (non-hydrogen) atoms. The Morgan fingerprint density at radius 2 is 1.42 bits per heavy atom. The molecule has 0 atom stereocenters. The van der Waals surface area contributed by atoms with Gasteiger partial charge in [-0.2, -0.15) is 13.2 Å². The largest absolute Gasteiger partial charge is 0.417 e. The van der Waals surface area contributed by atoms with Gasteiger partial charge >= 0.3 is 6.18 Å². The van der Waals surface area contributed by atoms with Crippen molar-refractivity contribution in [2.45, 2.75) is 105 Å². The number of aryl methyl sites for hydroxylation is 2. The Kier molecular flexibility index (Phi) is 14.8. The molecule has 0 saturated carbocycles. The van der Waals surface area contributed by atoms with Crippen LogP contribution >= 0.6 is 0 Å². The van der Waals surface area contributed by atoms with Gasteiger partial charge in [-0.3, -0.25) is 0 Å². The minimum atomic E-state index is -4.44. The van der Waals surface area contributed by atoms with Gasteiger partial charge in [-0.15, -0.1) is 6.58 Å². The molecule has 0 aliphatic rings. The van der Waals surface area contributed by atoms with Crippen LogP contribution in [0.25, 0.3) is 11.1 Å². The molecule has 0 fully saturated rings. The first-order chi connectivity index (χ1) is 17.0. The number of benzene rings is 1. The molecule has 0 radical (unpaired) electrons. The van der Waals surface area contributed by atoms with Gasteiger partial charge in [0.1, 0.15) is 0 Å². The van der Waals surface area contributed by atoms with Crippen LogP contribution < -0.4 is 5.32 Å². The lowest BCUT2D eigenvalue weighted by atomic mass is 9.84. The van der Waals surface area contributed by atoms with E-state index in [1.807, 2.05) is 26.0 Å². The second kappa shape index (κ2) is 16.6. The van der Waals surface area contributed by atoms with Gasteiger partial charge in [0.15, 0.2) is 0 Å². The molecule has 1 aromatic carbocycles. The molecule has 0 saturated heterocycles. The lowest BCUT2D eigenvalue weighted by Crippen LogP contribution is -2.14. The fourth-order valence-electron chi connectivity index (χ4n) is 4.84. The lowest BCUT2D eigenvalue weighted by molar-refractivity contribution is -0.0690. The average molecular weight is 504 g/mol. The van der Waals surface area contributed by atoms with Crippen molar-refractivity contribution < 1.29 is 13.2 Å². The van der Waals surface area contributed by atoms with Crippen molar-refractivity contribution in [2.75, 3.05) is 13.1 Å². The molecule has 0 aromatic heterocycles. The Labute approximate surface area is 218 Å². The summed E-state index contributed by atoms with van der Waals surface area (Å²) in [5.41, 5.74) is 4.62. The van der Waals surface area contributed by atoms with Gasteiger partial charge in [0.05, 0.1) is 5.57 Å². The van der Waals surface area contributed by atoms with Gasteiger partial charge in [-0.05, 0) is 93.8 Å². The molecule has 0 unspecified atom stereocenters.